The molecule has 0 unspecified atom stereocenters. The predicted octanol–water partition coefficient (Wildman–Crippen LogP) is 0.750. The second-order valence-corrected chi connectivity index (χ2v) is 3.83. The number of carbonyl (C=O) groups excluding carboxylic acids is 1. The van der Waals surface area contributed by atoms with Gasteiger partial charge in [0.1, 0.15) is 13.2 Å². The van der Waals surface area contributed by atoms with Gasteiger partial charge >= 0.3 is 5.97 Å². The van der Waals surface area contributed by atoms with Crippen LogP contribution in [0.1, 0.15) is 5.56 Å². The van der Waals surface area contributed by atoms with Crippen LogP contribution in [0.2, 0.25) is 0 Å². The maximum atomic E-state index is 11.7. The summed E-state index contributed by atoms with van der Waals surface area (Å²) in [6.45, 7) is -0.356. The number of nitrogens with zero attached hydrogens (tertiary/aromatic N) is 1. The van der Waals surface area contributed by atoms with E-state index in [4.69, 9.17) is 16.3 Å². The number of benzene rings is 1. The van der Waals surface area contributed by atoms with E-state index in [-0.39, 0.29) is 13.2 Å². The van der Waals surface area contributed by atoms with Gasteiger partial charge in [0.25, 0.3) is 0 Å². The molecule has 1 aromatic carbocycles. The van der Waals surface area contributed by atoms with E-state index >= 15 is 0 Å². The van der Waals surface area contributed by atoms with E-state index in [1.54, 1.807) is 0 Å². The zero-order chi connectivity index (χ0) is 14.1. The summed E-state index contributed by atoms with van der Waals surface area (Å²) in [5.41, 5.74) is 0.942. The van der Waals surface area contributed by atoms with Crippen LogP contribution in [0, 0.1) is 12.3 Å². The van der Waals surface area contributed by atoms with Gasteiger partial charge in [-0.15, -0.1) is 6.42 Å². The number of carbonyl (C=O) groups is 2. The van der Waals surface area contributed by atoms with Gasteiger partial charge in [0.05, 0.1) is 13.2 Å². The molecular weight excluding hydrogens is 246 g/mol. The molecule has 0 fully saturated rings. The number of aliphatic carboxylic acids is 1. The normalized spacial score (nSPS) is 9.63. The number of amides is 1. The maximum Gasteiger partial charge on any atom is 0.323 e. The summed E-state index contributed by atoms with van der Waals surface area (Å²) in [5, 5.41) is 8.66. The highest BCUT2D eigenvalue weighted by atomic mass is 16.5. The second-order valence-electron chi connectivity index (χ2n) is 3.83. The summed E-state index contributed by atoms with van der Waals surface area (Å²) in [6.07, 6.45) is 5.09. The van der Waals surface area contributed by atoms with Gasteiger partial charge in [0.2, 0.25) is 5.91 Å². The maximum absolute atomic E-state index is 11.7. The molecule has 0 bridgehead atoms. The topological polar surface area (TPSA) is 66.8 Å². The number of ether oxygens (including phenoxy) is 1. The average Bonchev–Trinajstić information content (AvgIpc) is 2.39. The molecule has 0 aliphatic heterocycles. The molecule has 1 rings (SSSR count). The van der Waals surface area contributed by atoms with Gasteiger partial charge in [-0.2, -0.15) is 0 Å². The van der Waals surface area contributed by atoms with E-state index in [0.717, 1.165) is 10.5 Å². The largest absolute Gasteiger partial charge is 0.480 e. The van der Waals surface area contributed by atoms with Crippen LogP contribution < -0.4 is 0 Å². The van der Waals surface area contributed by atoms with Gasteiger partial charge in [0.15, 0.2) is 0 Å². The Hall–Kier alpha value is -2.32. The first kappa shape index (κ1) is 14.7. The minimum absolute atomic E-state index is 0.0418. The summed E-state index contributed by atoms with van der Waals surface area (Å²) < 4.78 is 5.24. The molecule has 0 aromatic heterocycles. The Balaban J connectivity index is 2.40. The lowest BCUT2D eigenvalue weighted by Crippen LogP contribution is -2.38. The Labute approximate surface area is 111 Å². The second kappa shape index (κ2) is 7.90. The highest BCUT2D eigenvalue weighted by molar-refractivity contribution is 5.82. The number of hydrogen-bond donors (Lipinski definition) is 1. The third-order valence-electron chi connectivity index (χ3n) is 2.30. The van der Waals surface area contributed by atoms with Gasteiger partial charge in [0, 0.05) is 0 Å². The van der Waals surface area contributed by atoms with Crippen molar-refractivity contribution in [1.29, 1.82) is 0 Å². The van der Waals surface area contributed by atoms with Crippen LogP contribution in [0.15, 0.2) is 30.3 Å². The van der Waals surface area contributed by atoms with Crippen molar-refractivity contribution in [3.63, 3.8) is 0 Å². The van der Waals surface area contributed by atoms with Crippen LogP contribution in [0.5, 0.6) is 0 Å². The van der Waals surface area contributed by atoms with Crippen molar-refractivity contribution in [2.24, 2.45) is 0 Å². The zero-order valence-corrected chi connectivity index (χ0v) is 10.4. The molecule has 0 aliphatic carbocycles. The highest BCUT2D eigenvalue weighted by Gasteiger charge is 2.15. The third kappa shape index (κ3) is 5.70. The number of terminal acetylenes is 1. The van der Waals surface area contributed by atoms with E-state index < -0.39 is 18.4 Å². The lowest BCUT2D eigenvalue weighted by atomic mass is 10.2. The standard InChI is InChI=1S/C14H15NO4/c1-2-8-15(9-14(17)18)13(16)11-19-10-12-6-4-3-5-7-12/h1,3-7H,8-11H2,(H,17,18). The first-order valence-corrected chi connectivity index (χ1v) is 5.68. The van der Waals surface area contributed by atoms with Crippen molar-refractivity contribution < 1.29 is 19.4 Å². The Morgan fingerprint density at radius 1 is 1.32 bits per heavy atom. The van der Waals surface area contributed by atoms with Crippen molar-refractivity contribution >= 4 is 11.9 Å². The first-order chi connectivity index (χ1) is 9.13. The predicted molar refractivity (Wildman–Crippen MR) is 69.1 cm³/mol. The molecule has 19 heavy (non-hydrogen) atoms. The summed E-state index contributed by atoms with van der Waals surface area (Å²) in [7, 11) is 0. The molecule has 0 spiro atoms. The fourth-order valence-corrected chi connectivity index (χ4v) is 1.43. The quantitative estimate of drug-likeness (QED) is 0.735. The van der Waals surface area contributed by atoms with Crippen LogP contribution in [-0.4, -0.2) is 41.6 Å². The third-order valence-corrected chi connectivity index (χ3v) is 2.30. The average molecular weight is 261 g/mol. The van der Waals surface area contributed by atoms with Crippen molar-refractivity contribution in [1.82, 2.24) is 4.90 Å². The number of rotatable bonds is 7. The number of hydrogen-bond acceptors (Lipinski definition) is 3. The Bertz CT molecular complexity index is 464. The monoisotopic (exact) mass is 261 g/mol. The van der Waals surface area contributed by atoms with E-state index in [0.29, 0.717) is 6.61 Å². The van der Waals surface area contributed by atoms with Crippen LogP contribution in [0.3, 0.4) is 0 Å². The minimum atomic E-state index is -1.10. The molecule has 1 aromatic rings. The van der Waals surface area contributed by atoms with Crippen molar-refractivity contribution in [3.05, 3.63) is 35.9 Å². The van der Waals surface area contributed by atoms with E-state index in [9.17, 15) is 9.59 Å². The lowest BCUT2D eigenvalue weighted by molar-refractivity contribution is -0.146. The van der Waals surface area contributed by atoms with Crippen molar-refractivity contribution in [3.8, 4) is 12.3 Å². The fraction of sp³-hybridized carbons (Fsp3) is 0.286. The minimum Gasteiger partial charge on any atom is -0.480 e. The smallest absolute Gasteiger partial charge is 0.323 e. The van der Waals surface area contributed by atoms with Gasteiger partial charge in [-0.25, -0.2) is 0 Å². The van der Waals surface area contributed by atoms with E-state index in [2.05, 4.69) is 5.92 Å². The van der Waals surface area contributed by atoms with Crippen LogP contribution >= 0.6 is 0 Å². The molecule has 0 radical (unpaired) electrons. The van der Waals surface area contributed by atoms with Crippen molar-refractivity contribution in [2.45, 2.75) is 6.61 Å². The van der Waals surface area contributed by atoms with Crippen LogP contribution in [-0.2, 0) is 20.9 Å². The summed E-state index contributed by atoms with van der Waals surface area (Å²) in [4.78, 5) is 23.3. The summed E-state index contributed by atoms with van der Waals surface area (Å²) >= 11 is 0. The molecule has 5 heteroatoms. The Kier molecular flexibility index (Phi) is 6.13. The molecule has 0 saturated carbocycles. The molecule has 0 saturated heterocycles. The molecule has 100 valence electrons. The number of carboxylic acid groups (broad SMARTS) is 1. The van der Waals surface area contributed by atoms with Gasteiger partial charge < -0.3 is 14.7 Å². The summed E-state index contributed by atoms with van der Waals surface area (Å²) in [5.74, 6) is 0.709. The molecule has 0 atom stereocenters. The van der Waals surface area contributed by atoms with Gasteiger partial charge in [-0.05, 0) is 5.56 Å². The first-order valence-electron chi connectivity index (χ1n) is 5.68. The molecule has 0 aliphatic rings. The zero-order valence-electron chi connectivity index (χ0n) is 10.4. The molecule has 5 nitrogen and oxygen atoms in total. The molecular formula is C14H15NO4. The molecule has 1 amide bonds. The van der Waals surface area contributed by atoms with E-state index in [1.165, 1.54) is 0 Å². The van der Waals surface area contributed by atoms with Crippen molar-refractivity contribution in [2.75, 3.05) is 19.7 Å². The number of carboxylic acids is 1. The van der Waals surface area contributed by atoms with Gasteiger partial charge in [-0.3, -0.25) is 9.59 Å². The van der Waals surface area contributed by atoms with Gasteiger partial charge in [-0.1, -0.05) is 36.3 Å². The molecule has 1 N–H and O–H groups in total. The SMILES string of the molecule is C#CCN(CC(=O)O)C(=O)COCc1ccccc1. The Morgan fingerprint density at radius 2 is 2.00 bits per heavy atom. The van der Waals surface area contributed by atoms with Crippen LogP contribution in [0.4, 0.5) is 0 Å². The van der Waals surface area contributed by atoms with Crippen LogP contribution in [0.25, 0.3) is 0 Å². The Morgan fingerprint density at radius 3 is 2.58 bits per heavy atom. The lowest BCUT2D eigenvalue weighted by Gasteiger charge is -2.17. The van der Waals surface area contributed by atoms with E-state index in [1.807, 2.05) is 30.3 Å². The molecule has 0 heterocycles. The highest BCUT2D eigenvalue weighted by Crippen LogP contribution is 2.01. The fourth-order valence-electron chi connectivity index (χ4n) is 1.43. The summed E-state index contributed by atoms with van der Waals surface area (Å²) in [6, 6.07) is 9.38.